The number of nitrogens with one attached hydrogen (secondary N) is 1. The number of hydrogen-bond donors (Lipinski definition) is 2. The molecular weight excluding hydrogens is 126 g/mol. The van der Waals surface area contributed by atoms with Crippen molar-refractivity contribution in [2.45, 2.75) is 0 Å². The summed E-state index contributed by atoms with van der Waals surface area (Å²) in [5.74, 6) is 0. The van der Waals surface area contributed by atoms with Crippen LogP contribution in [0.2, 0.25) is 0 Å². The first-order valence-corrected chi connectivity index (χ1v) is 3.10. The molecule has 2 aromatic rings. The maximum atomic E-state index is 5.55. The molecule has 2 aromatic heterocycles. The van der Waals surface area contributed by atoms with Gasteiger partial charge in [-0.05, 0) is 6.07 Å². The normalized spacial score (nSPS) is 10.4. The summed E-state index contributed by atoms with van der Waals surface area (Å²) in [4.78, 5) is 3.05. The molecule has 0 amide bonds. The Balaban J connectivity index is 2.86. The fraction of sp³-hybridized carbons (Fsp3) is 0. The zero-order chi connectivity index (χ0) is 6.97. The van der Waals surface area contributed by atoms with Crippen molar-refractivity contribution >= 4 is 11.3 Å². The molecule has 2 heterocycles. The third kappa shape index (κ3) is 0.639. The van der Waals surface area contributed by atoms with E-state index < -0.39 is 0 Å². The fourth-order valence-corrected chi connectivity index (χ4v) is 0.983. The lowest BCUT2D eigenvalue weighted by atomic mass is 10.4. The van der Waals surface area contributed by atoms with Crippen LogP contribution in [-0.4, -0.2) is 4.98 Å². The van der Waals surface area contributed by atoms with Crippen LogP contribution < -0.4 is 10.1 Å². The second-order valence-corrected chi connectivity index (χ2v) is 2.22. The van der Waals surface area contributed by atoms with E-state index in [1.165, 1.54) is 0 Å². The first-order chi connectivity index (χ1) is 4.86. The number of H-pyrrole nitrogens is 1. The minimum absolute atomic E-state index is 0.775. The molecule has 0 saturated heterocycles. The van der Waals surface area contributed by atoms with Crippen LogP contribution >= 0.6 is 0 Å². The zero-order valence-electron chi connectivity index (χ0n) is 5.41. The summed E-state index contributed by atoms with van der Waals surface area (Å²) in [6, 6.07) is 3.81. The molecular formula is C7H8N3+. The lowest BCUT2D eigenvalue weighted by Gasteiger charge is -1.86. The summed E-state index contributed by atoms with van der Waals surface area (Å²) in [6.45, 7) is 0. The van der Waals surface area contributed by atoms with Crippen molar-refractivity contribution in [2.75, 3.05) is 5.73 Å². The van der Waals surface area contributed by atoms with Gasteiger partial charge in [-0.2, -0.15) is 0 Å². The predicted molar refractivity (Wildman–Crippen MR) is 38.4 cm³/mol. The van der Waals surface area contributed by atoms with Crippen molar-refractivity contribution in [1.82, 2.24) is 4.98 Å². The van der Waals surface area contributed by atoms with Gasteiger partial charge >= 0.3 is 0 Å². The number of nitrogen functional groups attached to an aromatic ring is 1. The Kier molecular flexibility index (Phi) is 0.917. The van der Waals surface area contributed by atoms with Crippen LogP contribution in [0.3, 0.4) is 0 Å². The van der Waals surface area contributed by atoms with Crippen molar-refractivity contribution in [3.8, 4) is 0 Å². The molecule has 3 heteroatoms. The molecule has 0 fully saturated rings. The number of hydrogen-bond acceptors (Lipinski definition) is 1. The molecule has 0 atom stereocenters. The van der Waals surface area contributed by atoms with Gasteiger partial charge in [-0.3, -0.25) is 0 Å². The molecule has 0 spiro atoms. The van der Waals surface area contributed by atoms with Gasteiger partial charge in [-0.25, -0.2) is 9.38 Å². The molecule has 0 aliphatic heterocycles. The van der Waals surface area contributed by atoms with Crippen molar-refractivity contribution in [1.29, 1.82) is 0 Å². The number of aromatic nitrogens is 2. The number of rotatable bonds is 0. The van der Waals surface area contributed by atoms with Crippen LogP contribution in [0.4, 0.5) is 5.69 Å². The molecule has 2 rings (SSSR count). The minimum atomic E-state index is 0.775. The average Bonchev–Trinajstić information content (AvgIpc) is 2.33. The van der Waals surface area contributed by atoms with Crippen molar-refractivity contribution in [3.05, 3.63) is 30.7 Å². The Hall–Kier alpha value is -1.51. The van der Waals surface area contributed by atoms with Gasteiger partial charge in [-0.1, -0.05) is 0 Å². The SMILES string of the molecule is Nc1ccc2[nH]cc[n+]2c1. The second-order valence-electron chi connectivity index (χ2n) is 2.22. The smallest absolute Gasteiger partial charge is 0.284 e. The van der Waals surface area contributed by atoms with Gasteiger partial charge in [-0.15, -0.1) is 0 Å². The Bertz CT molecular complexity index is 350. The van der Waals surface area contributed by atoms with Crippen LogP contribution in [-0.2, 0) is 0 Å². The quantitative estimate of drug-likeness (QED) is 0.501. The number of nitrogens with two attached hydrogens (primary N) is 1. The highest BCUT2D eigenvalue weighted by Gasteiger charge is 1.98. The molecule has 0 saturated carbocycles. The Labute approximate surface area is 58.1 Å². The van der Waals surface area contributed by atoms with Crippen molar-refractivity contribution in [2.24, 2.45) is 0 Å². The van der Waals surface area contributed by atoms with Crippen molar-refractivity contribution in [3.63, 3.8) is 0 Å². The molecule has 3 N–H and O–H groups in total. The van der Waals surface area contributed by atoms with Crippen LogP contribution in [0.25, 0.3) is 5.65 Å². The minimum Gasteiger partial charge on any atom is -0.396 e. The Morgan fingerprint density at radius 1 is 1.40 bits per heavy atom. The topological polar surface area (TPSA) is 45.9 Å². The van der Waals surface area contributed by atoms with E-state index in [0.717, 1.165) is 11.3 Å². The van der Waals surface area contributed by atoms with E-state index in [-0.39, 0.29) is 0 Å². The maximum Gasteiger partial charge on any atom is 0.284 e. The number of imidazole rings is 1. The summed E-state index contributed by atoms with van der Waals surface area (Å²) < 4.78 is 1.94. The monoisotopic (exact) mass is 134 g/mol. The van der Waals surface area contributed by atoms with E-state index in [9.17, 15) is 0 Å². The molecule has 0 bridgehead atoms. The maximum absolute atomic E-state index is 5.55. The molecule has 0 radical (unpaired) electrons. The molecule has 3 nitrogen and oxygen atoms in total. The summed E-state index contributed by atoms with van der Waals surface area (Å²) in [6.07, 6.45) is 5.66. The average molecular weight is 134 g/mol. The van der Waals surface area contributed by atoms with Gasteiger partial charge in [0, 0.05) is 6.07 Å². The van der Waals surface area contributed by atoms with E-state index in [1.807, 2.05) is 35.1 Å². The summed E-state index contributed by atoms with van der Waals surface area (Å²) in [7, 11) is 0. The third-order valence-electron chi connectivity index (χ3n) is 1.47. The highest BCUT2D eigenvalue weighted by molar-refractivity contribution is 5.39. The Morgan fingerprint density at radius 3 is 3.20 bits per heavy atom. The lowest BCUT2D eigenvalue weighted by molar-refractivity contribution is -0.509. The number of anilines is 1. The number of fused-ring (bicyclic) bond motifs is 1. The van der Waals surface area contributed by atoms with Crippen LogP contribution in [0, 0.1) is 0 Å². The van der Waals surface area contributed by atoms with E-state index in [0.29, 0.717) is 0 Å². The van der Waals surface area contributed by atoms with E-state index in [4.69, 9.17) is 5.73 Å². The van der Waals surface area contributed by atoms with Gasteiger partial charge in [0.25, 0.3) is 5.65 Å². The third-order valence-corrected chi connectivity index (χ3v) is 1.47. The highest BCUT2D eigenvalue weighted by Crippen LogP contribution is 1.97. The number of aromatic amines is 1. The van der Waals surface area contributed by atoms with E-state index >= 15 is 0 Å². The van der Waals surface area contributed by atoms with Gasteiger partial charge in [0.2, 0.25) is 0 Å². The number of nitrogens with zero attached hydrogens (tertiary/aromatic N) is 1. The largest absolute Gasteiger partial charge is 0.396 e. The summed E-state index contributed by atoms with van der Waals surface area (Å²) in [5, 5.41) is 0. The van der Waals surface area contributed by atoms with Gasteiger partial charge < -0.3 is 5.73 Å². The fourth-order valence-electron chi connectivity index (χ4n) is 0.983. The molecule has 10 heavy (non-hydrogen) atoms. The van der Waals surface area contributed by atoms with Crippen LogP contribution in [0.1, 0.15) is 0 Å². The highest BCUT2D eigenvalue weighted by atomic mass is 15.0. The molecule has 50 valence electrons. The van der Waals surface area contributed by atoms with Gasteiger partial charge in [0.15, 0.2) is 0 Å². The first-order valence-electron chi connectivity index (χ1n) is 3.10. The lowest BCUT2D eigenvalue weighted by Crippen LogP contribution is -2.17. The summed E-state index contributed by atoms with van der Waals surface area (Å²) in [5.41, 5.74) is 7.37. The standard InChI is InChI=1S/C7H7N3/c8-6-1-2-7-9-3-4-10(7)5-6/h1-5H,8H2/p+1. The summed E-state index contributed by atoms with van der Waals surface area (Å²) >= 11 is 0. The second kappa shape index (κ2) is 1.73. The van der Waals surface area contributed by atoms with Gasteiger partial charge in [0.05, 0.1) is 5.69 Å². The van der Waals surface area contributed by atoms with E-state index in [1.54, 1.807) is 0 Å². The molecule has 0 aliphatic rings. The molecule has 0 aliphatic carbocycles. The van der Waals surface area contributed by atoms with E-state index in [2.05, 4.69) is 4.98 Å². The van der Waals surface area contributed by atoms with Gasteiger partial charge in [0.1, 0.15) is 18.6 Å². The first kappa shape index (κ1) is 5.29. The Morgan fingerprint density at radius 2 is 2.30 bits per heavy atom. The number of pyridine rings is 1. The predicted octanol–water partition coefficient (Wildman–Crippen LogP) is 0.336. The van der Waals surface area contributed by atoms with Crippen molar-refractivity contribution < 1.29 is 4.40 Å². The zero-order valence-corrected chi connectivity index (χ0v) is 5.41. The molecule has 0 unspecified atom stereocenters. The molecule has 0 aromatic carbocycles. The van der Waals surface area contributed by atoms with Crippen LogP contribution in [0.15, 0.2) is 30.7 Å². The van der Waals surface area contributed by atoms with Crippen LogP contribution in [0.5, 0.6) is 0 Å².